The highest BCUT2D eigenvalue weighted by atomic mass is 14.9. The summed E-state index contributed by atoms with van der Waals surface area (Å²) in [6.45, 7) is 8.94. The van der Waals surface area contributed by atoms with Gasteiger partial charge in [-0.3, -0.25) is 4.99 Å². The zero-order valence-electron chi connectivity index (χ0n) is 7.76. The molecular weight excluding hydrogens is 136 g/mol. The lowest BCUT2D eigenvalue weighted by molar-refractivity contribution is 1.15. The quantitative estimate of drug-likeness (QED) is 0.509. The minimum absolute atomic E-state index is 0.797. The Morgan fingerprint density at radius 1 is 1.36 bits per heavy atom. The van der Waals surface area contributed by atoms with Gasteiger partial charge in [-0.1, -0.05) is 19.4 Å². The highest BCUT2D eigenvalue weighted by Crippen LogP contribution is 2.02. The van der Waals surface area contributed by atoms with Crippen LogP contribution in [0.1, 0.15) is 27.7 Å². The predicted octanol–water partition coefficient (Wildman–Crippen LogP) is 2.46. The Hall–Kier alpha value is -0.920. The number of rotatable bonds is 0. The first kappa shape index (κ1) is 10.1. The van der Waals surface area contributed by atoms with Gasteiger partial charge in [-0.05, 0) is 19.4 Å². The van der Waals surface area contributed by atoms with Gasteiger partial charge in [0.1, 0.15) is 6.34 Å². The third-order valence-electron chi connectivity index (χ3n) is 1.28. The fourth-order valence-corrected chi connectivity index (χ4v) is 0.638. The van der Waals surface area contributed by atoms with Crippen molar-refractivity contribution in [3.8, 4) is 0 Å². The van der Waals surface area contributed by atoms with Crippen LogP contribution in [-0.2, 0) is 0 Å². The summed E-state index contributed by atoms with van der Waals surface area (Å²) in [5.74, 6) is 0. The van der Waals surface area contributed by atoms with Crippen molar-refractivity contribution in [1.82, 2.24) is 0 Å². The van der Waals surface area contributed by atoms with E-state index in [4.69, 9.17) is 0 Å². The molecule has 0 fully saturated rings. The summed E-state index contributed by atoms with van der Waals surface area (Å²) in [6.07, 6.45) is 3.45. The molecule has 0 spiro atoms. The molecule has 0 N–H and O–H groups in total. The standard InChI is InChI=1S/C7H10N2.C2H6/c1-6(2)7-3-8-5-9-4-7;1-2/h3,5H,4H2,1-2H3;1-2H3. The molecular formula is C9H16N2. The van der Waals surface area contributed by atoms with E-state index in [2.05, 4.69) is 23.8 Å². The number of hydrogen-bond donors (Lipinski definition) is 0. The van der Waals surface area contributed by atoms with Crippen LogP contribution in [0, 0.1) is 0 Å². The van der Waals surface area contributed by atoms with Gasteiger partial charge in [-0.15, -0.1) is 0 Å². The second-order valence-corrected chi connectivity index (χ2v) is 2.26. The Morgan fingerprint density at radius 3 is 2.27 bits per heavy atom. The lowest BCUT2D eigenvalue weighted by Crippen LogP contribution is -1.97. The van der Waals surface area contributed by atoms with Crippen molar-refractivity contribution in [3.63, 3.8) is 0 Å². The Labute approximate surface area is 68.8 Å². The number of hydrogen-bond acceptors (Lipinski definition) is 2. The fraction of sp³-hybridized carbons (Fsp3) is 0.556. The van der Waals surface area contributed by atoms with Crippen LogP contribution >= 0.6 is 0 Å². The molecule has 0 atom stereocenters. The van der Waals surface area contributed by atoms with Crippen LogP contribution in [0.25, 0.3) is 0 Å². The summed E-state index contributed by atoms with van der Waals surface area (Å²) in [7, 11) is 0. The zero-order valence-corrected chi connectivity index (χ0v) is 7.76. The van der Waals surface area contributed by atoms with Gasteiger partial charge in [0.15, 0.2) is 0 Å². The summed E-state index contributed by atoms with van der Waals surface area (Å²) >= 11 is 0. The molecule has 1 aliphatic heterocycles. The molecule has 62 valence electrons. The third-order valence-corrected chi connectivity index (χ3v) is 1.28. The van der Waals surface area contributed by atoms with Gasteiger partial charge in [-0.25, -0.2) is 4.99 Å². The van der Waals surface area contributed by atoms with Crippen LogP contribution < -0.4 is 0 Å². The van der Waals surface area contributed by atoms with Crippen molar-refractivity contribution in [3.05, 3.63) is 11.1 Å². The Bertz CT molecular complexity index is 184. The summed E-state index contributed by atoms with van der Waals surface area (Å²) in [6, 6.07) is 0. The highest BCUT2D eigenvalue weighted by molar-refractivity contribution is 5.88. The van der Waals surface area contributed by atoms with E-state index in [-0.39, 0.29) is 0 Å². The number of nitrogens with zero attached hydrogens (tertiary/aromatic N) is 2. The first-order valence-electron chi connectivity index (χ1n) is 3.98. The largest absolute Gasteiger partial charge is 0.269 e. The molecule has 0 radical (unpaired) electrons. The maximum Gasteiger partial charge on any atom is 0.110 e. The molecule has 0 unspecified atom stereocenters. The van der Waals surface area contributed by atoms with Crippen molar-refractivity contribution >= 4 is 12.6 Å². The lowest BCUT2D eigenvalue weighted by Gasteiger charge is -2.01. The number of aliphatic imine (C=N–C) groups is 2. The highest BCUT2D eigenvalue weighted by Gasteiger charge is 1.95. The molecule has 11 heavy (non-hydrogen) atoms. The first-order valence-corrected chi connectivity index (χ1v) is 3.98. The van der Waals surface area contributed by atoms with Gasteiger partial charge in [0.2, 0.25) is 0 Å². The van der Waals surface area contributed by atoms with Gasteiger partial charge in [-0.2, -0.15) is 0 Å². The van der Waals surface area contributed by atoms with E-state index in [0.29, 0.717) is 0 Å². The molecule has 0 aromatic rings. The Balaban J connectivity index is 0.000000461. The van der Waals surface area contributed by atoms with E-state index in [9.17, 15) is 0 Å². The van der Waals surface area contributed by atoms with Crippen molar-refractivity contribution in [2.75, 3.05) is 6.54 Å². The summed E-state index contributed by atoms with van der Waals surface area (Å²) in [5.41, 5.74) is 2.54. The van der Waals surface area contributed by atoms with Crippen molar-refractivity contribution in [2.45, 2.75) is 27.7 Å². The van der Waals surface area contributed by atoms with Crippen LogP contribution in [0.5, 0.6) is 0 Å². The predicted molar refractivity (Wildman–Crippen MR) is 51.6 cm³/mol. The molecule has 2 heteroatoms. The molecule has 0 saturated carbocycles. The molecule has 0 aliphatic carbocycles. The third kappa shape index (κ3) is 3.71. The topological polar surface area (TPSA) is 24.7 Å². The Morgan fingerprint density at radius 2 is 2.00 bits per heavy atom. The molecule has 1 rings (SSSR count). The second kappa shape index (κ2) is 5.83. The fourth-order valence-electron chi connectivity index (χ4n) is 0.638. The average Bonchev–Trinajstić information content (AvgIpc) is 2.10. The molecule has 1 aliphatic rings. The van der Waals surface area contributed by atoms with E-state index in [0.717, 1.165) is 6.54 Å². The summed E-state index contributed by atoms with van der Waals surface area (Å²) < 4.78 is 0. The van der Waals surface area contributed by atoms with E-state index >= 15 is 0 Å². The molecule has 0 amide bonds. The van der Waals surface area contributed by atoms with E-state index in [1.165, 1.54) is 11.1 Å². The molecule has 1 heterocycles. The Kier molecular flexibility index (Phi) is 5.35. The van der Waals surface area contributed by atoms with Crippen LogP contribution in [0.15, 0.2) is 21.1 Å². The number of allylic oxidation sites excluding steroid dienone is 1. The normalized spacial score (nSPS) is 14.0. The van der Waals surface area contributed by atoms with Crippen LogP contribution in [0.3, 0.4) is 0 Å². The van der Waals surface area contributed by atoms with Gasteiger partial charge < -0.3 is 0 Å². The molecule has 0 bridgehead atoms. The van der Waals surface area contributed by atoms with E-state index < -0.39 is 0 Å². The monoisotopic (exact) mass is 152 g/mol. The van der Waals surface area contributed by atoms with Crippen molar-refractivity contribution < 1.29 is 0 Å². The van der Waals surface area contributed by atoms with Crippen molar-refractivity contribution in [2.24, 2.45) is 9.98 Å². The first-order chi connectivity index (χ1) is 5.30. The maximum atomic E-state index is 4.00. The molecule has 0 aromatic heterocycles. The van der Waals surface area contributed by atoms with Gasteiger partial charge >= 0.3 is 0 Å². The maximum absolute atomic E-state index is 4.00. The lowest BCUT2D eigenvalue weighted by atomic mass is 10.1. The summed E-state index contributed by atoms with van der Waals surface area (Å²) in [4.78, 5) is 7.90. The van der Waals surface area contributed by atoms with Gasteiger partial charge in [0.25, 0.3) is 0 Å². The smallest absolute Gasteiger partial charge is 0.110 e. The van der Waals surface area contributed by atoms with Gasteiger partial charge in [0.05, 0.1) is 6.54 Å². The van der Waals surface area contributed by atoms with E-state index in [1.54, 1.807) is 6.34 Å². The zero-order chi connectivity index (χ0) is 8.69. The van der Waals surface area contributed by atoms with Crippen molar-refractivity contribution in [1.29, 1.82) is 0 Å². The van der Waals surface area contributed by atoms with E-state index in [1.807, 2.05) is 20.1 Å². The molecule has 2 nitrogen and oxygen atoms in total. The van der Waals surface area contributed by atoms with Crippen LogP contribution in [0.2, 0.25) is 0 Å². The van der Waals surface area contributed by atoms with Crippen LogP contribution in [-0.4, -0.2) is 19.1 Å². The minimum atomic E-state index is 0.797. The average molecular weight is 152 g/mol. The molecule has 0 aromatic carbocycles. The van der Waals surface area contributed by atoms with Crippen LogP contribution in [0.4, 0.5) is 0 Å². The van der Waals surface area contributed by atoms with Gasteiger partial charge in [0, 0.05) is 6.21 Å². The summed E-state index contributed by atoms with van der Waals surface area (Å²) in [5, 5.41) is 0. The molecule has 0 saturated heterocycles. The minimum Gasteiger partial charge on any atom is -0.269 e. The SMILES string of the molecule is CC.CC(C)=C1C=NC=NC1. The second-order valence-electron chi connectivity index (χ2n) is 2.26.